The summed E-state index contributed by atoms with van der Waals surface area (Å²) in [6, 6.07) is 10.3. The Labute approximate surface area is 217 Å². The maximum Gasteiger partial charge on any atom is 0.253 e. The molecule has 6 rings (SSSR count). The number of hydrogen-bond donors (Lipinski definition) is 1. The van der Waals surface area contributed by atoms with Crippen LogP contribution in [0, 0.1) is 0 Å². The van der Waals surface area contributed by atoms with Gasteiger partial charge in [0.2, 0.25) is 0 Å². The van der Waals surface area contributed by atoms with Crippen LogP contribution < -0.4 is 10.5 Å². The van der Waals surface area contributed by atoms with E-state index in [0.717, 1.165) is 67.1 Å². The van der Waals surface area contributed by atoms with Crippen molar-refractivity contribution in [2.45, 2.75) is 57.1 Å². The third-order valence-electron chi connectivity index (χ3n) is 7.92. The van der Waals surface area contributed by atoms with Gasteiger partial charge in [0, 0.05) is 49.4 Å². The van der Waals surface area contributed by atoms with Crippen molar-refractivity contribution < 1.29 is 9.53 Å². The van der Waals surface area contributed by atoms with Crippen molar-refractivity contribution in [3.05, 3.63) is 53.7 Å². The average molecular weight is 502 g/mol. The molecule has 2 N–H and O–H groups in total. The van der Waals surface area contributed by atoms with Crippen LogP contribution in [0.2, 0.25) is 0 Å². The fraction of sp³-hybridized carbons (Fsp3) is 0.500. The number of ether oxygens (including phenoxy) is 1. The number of carbonyl (C=O) groups is 1. The van der Waals surface area contributed by atoms with Crippen molar-refractivity contribution in [3.63, 3.8) is 0 Å². The van der Waals surface area contributed by atoms with Crippen LogP contribution in [-0.2, 0) is 13.7 Å². The van der Waals surface area contributed by atoms with Gasteiger partial charge in [0.25, 0.3) is 5.91 Å². The monoisotopic (exact) mass is 501 g/mol. The lowest BCUT2D eigenvalue weighted by Crippen LogP contribution is -2.45. The Hall–Kier alpha value is -3.46. The van der Waals surface area contributed by atoms with Gasteiger partial charge in [-0.1, -0.05) is 12.1 Å². The quantitative estimate of drug-likeness (QED) is 0.528. The number of rotatable bonds is 7. The van der Waals surface area contributed by atoms with Gasteiger partial charge in [-0.25, -0.2) is 14.6 Å². The second-order valence-electron chi connectivity index (χ2n) is 10.5. The highest BCUT2D eigenvalue weighted by molar-refractivity contribution is 5.94. The molecule has 9 heteroatoms. The molecule has 2 aliphatic heterocycles. The van der Waals surface area contributed by atoms with E-state index in [9.17, 15) is 4.79 Å². The van der Waals surface area contributed by atoms with E-state index >= 15 is 0 Å². The maximum absolute atomic E-state index is 13.1. The fourth-order valence-electron chi connectivity index (χ4n) is 5.48. The van der Waals surface area contributed by atoms with E-state index < -0.39 is 0 Å². The third-order valence-corrected chi connectivity index (χ3v) is 7.92. The van der Waals surface area contributed by atoms with Crippen LogP contribution in [0.4, 0.5) is 5.82 Å². The lowest BCUT2D eigenvalue weighted by molar-refractivity contribution is 0.0644. The molecule has 9 nitrogen and oxygen atoms in total. The lowest BCUT2D eigenvalue weighted by atomic mass is 10.0. The number of carbonyl (C=O) groups excluding carboxylic acids is 1. The number of benzene rings is 1. The first kappa shape index (κ1) is 23.9. The van der Waals surface area contributed by atoms with E-state index in [1.165, 1.54) is 25.9 Å². The predicted octanol–water partition coefficient (Wildman–Crippen LogP) is 3.62. The molecule has 1 amide bonds. The van der Waals surface area contributed by atoms with Crippen molar-refractivity contribution in [1.29, 1.82) is 0 Å². The smallest absolute Gasteiger partial charge is 0.253 e. The van der Waals surface area contributed by atoms with Crippen molar-refractivity contribution in [2.75, 3.05) is 31.9 Å². The summed E-state index contributed by atoms with van der Waals surface area (Å²) in [6.07, 6.45) is 8.81. The number of nitrogen functional groups attached to an aromatic ring is 1. The van der Waals surface area contributed by atoms with Crippen LogP contribution in [0.3, 0.4) is 0 Å². The van der Waals surface area contributed by atoms with Crippen LogP contribution in [0.15, 0.2) is 36.5 Å². The molecule has 1 aromatic carbocycles. The molecule has 0 unspecified atom stereocenters. The Bertz CT molecular complexity index is 1250. The number of likely N-dealkylation sites (tertiary alicyclic amines) is 2. The van der Waals surface area contributed by atoms with Crippen molar-refractivity contribution in [1.82, 2.24) is 29.5 Å². The van der Waals surface area contributed by atoms with E-state index in [2.05, 4.69) is 20.0 Å². The maximum atomic E-state index is 13.1. The molecule has 3 aromatic rings. The highest BCUT2D eigenvalue weighted by Gasteiger charge is 2.29. The molecular weight excluding hydrogens is 466 g/mol. The SMILES string of the molecule is Cn1nc(C2CC2)nc1COc1cc(-c2ccc(C(=O)N3CCC(N4CCCC4)CC3)cc2)cnc1N. The Morgan fingerprint density at radius 2 is 1.76 bits per heavy atom. The van der Waals surface area contributed by atoms with Crippen LogP contribution in [0.1, 0.15) is 66.4 Å². The van der Waals surface area contributed by atoms with E-state index in [0.29, 0.717) is 23.5 Å². The number of nitrogens with zero attached hydrogens (tertiary/aromatic N) is 6. The number of hydrogen-bond acceptors (Lipinski definition) is 7. The number of anilines is 1. The van der Waals surface area contributed by atoms with Crippen molar-refractivity contribution in [3.8, 4) is 16.9 Å². The van der Waals surface area contributed by atoms with Gasteiger partial charge < -0.3 is 20.3 Å². The summed E-state index contributed by atoms with van der Waals surface area (Å²) in [6.45, 7) is 4.37. The number of pyridine rings is 1. The summed E-state index contributed by atoms with van der Waals surface area (Å²) in [5.41, 5.74) is 8.65. The minimum atomic E-state index is 0.111. The first-order valence-corrected chi connectivity index (χ1v) is 13.5. The summed E-state index contributed by atoms with van der Waals surface area (Å²) in [5.74, 6) is 3.10. The number of amides is 1. The molecule has 3 fully saturated rings. The Balaban J connectivity index is 1.09. The Morgan fingerprint density at radius 3 is 2.46 bits per heavy atom. The number of nitrogens with two attached hydrogens (primary N) is 1. The topological polar surface area (TPSA) is 102 Å². The molecule has 1 saturated carbocycles. The van der Waals surface area contributed by atoms with Crippen LogP contribution in [0.25, 0.3) is 11.1 Å². The molecule has 0 spiro atoms. The standard InChI is InChI=1S/C28H35N7O2/c1-33-25(31-27(32-33)20-6-7-20)18-37-24-16-22(17-30-26(24)29)19-4-8-21(9-5-19)28(36)35-14-10-23(11-15-35)34-12-2-3-13-34/h4-5,8-9,16-17,20,23H,2-3,6-7,10-15,18H2,1H3,(H2,29,30). The van der Waals surface area contributed by atoms with E-state index in [1.54, 1.807) is 10.9 Å². The van der Waals surface area contributed by atoms with Crippen molar-refractivity contribution >= 4 is 11.7 Å². The number of aryl methyl sites for hydroxylation is 1. The highest BCUT2D eigenvalue weighted by atomic mass is 16.5. The minimum absolute atomic E-state index is 0.111. The van der Waals surface area contributed by atoms with Gasteiger partial charge in [-0.05, 0) is 75.4 Å². The molecule has 2 saturated heterocycles. The van der Waals surface area contributed by atoms with E-state index in [-0.39, 0.29) is 12.5 Å². The minimum Gasteiger partial charge on any atom is -0.482 e. The normalized spacial score (nSPS) is 18.9. The van der Waals surface area contributed by atoms with Gasteiger partial charge in [-0.3, -0.25) is 4.79 Å². The molecule has 3 aliphatic rings. The second kappa shape index (κ2) is 10.1. The van der Waals surface area contributed by atoms with Gasteiger partial charge in [0.15, 0.2) is 23.2 Å². The molecule has 2 aromatic heterocycles. The van der Waals surface area contributed by atoms with Crippen LogP contribution in [0.5, 0.6) is 5.75 Å². The Kier molecular flexibility index (Phi) is 6.54. The summed E-state index contributed by atoms with van der Waals surface area (Å²) in [5, 5.41) is 4.50. The first-order chi connectivity index (χ1) is 18.0. The zero-order chi connectivity index (χ0) is 25.4. The average Bonchev–Trinajstić information content (AvgIpc) is 3.50. The summed E-state index contributed by atoms with van der Waals surface area (Å²) < 4.78 is 7.76. The van der Waals surface area contributed by atoms with Crippen LogP contribution in [-0.4, -0.2) is 67.7 Å². The molecule has 0 atom stereocenters. The molecule has 37 heavy (non-hydrogen) atoms. The summed E-state index contributed by atoms with van der Waals surface area (Å²) >= 11 is 0. The largest absolute Gasteiger partial charge is 0.482 e. The summed E-state index contributed by atoms with van der Waals surface area (Å²) in [7, 11) is 1.88. The third kappa shape index (κ3) is 5.18. The second-order valence-corrected chi connectivity index (χ2v) is 10.5. The highest BCUT2D eigenvalue weighted by Crippen LogP contribution is 2.38. The van der Waals surface area contributed by atoms with E-state index in [1.807, 2.05) is 42.3 Å². The molecule has 1 aliphatic carbocycles. The molecule has 0 bridgehead atoms. The molecule has 194 valence electrons. The van der Waals surface area contributed by atoms with Crippen molar-refractivity contribution in [2.24, 2.45) is 7.05 Å². The van der Waals surface area contributed by atoms with Gasteiger partial charge in [-0.2, -0.15) is 5.10 Å². The zero-order valence-electron chi connectivity index (χ0n) is 21.5. The first-order valence-electron chi connectivity index (χ1n) is 13.5. The van der Waals surface area contributed by atoms with Gasteiger partial charge in [0.1, 0.15) is 6.61 Å². The lowest BCUT2D eigenvalue weighted by Gasteiger charge is -2.36. The molecule has 4 heterocycles. The molecule has 0 radical (unpaired) electrons. The molecular formula is C28H35N7O2. The number of aromatic nitrogens is 4. The number of piperidine rings is 1. The van der Waals surface area contributed by atoms with Gasteiger partial charge >= 0.3 is 0 Å². The van der Waals surface area contributed by atoms with Gasteiger partial charge in [0.05, 0.1) is 0 Å². The summed E-state index contributed by atoms with van der Waals surface area (Å²) in [4.78, 5) is 26.7. The van der Waals surface area contributed by atoms with Crippen LogP contribution >= 0.6 is 0 Å². The zero-order valence-corrected chi connectivity index (χ0v) is 21.5. The fourth-order valence-corrected chi connectivity index (χ4v) is 5.48. The van der Waals surface area contributed by atoms with Gasteiger partial charge in [-0.15, -0.1) is 0 Å². The Morgan fingerprint density at radius 1 is 1.03 bits per heavy atom. The predicted molar refractivity (Wildman–Crippen MR) is 141 cm³/mol. The van der Waals surface area contributed by atoms with E-state index in [4.69, 9.17) is 10.5 Å².